The number of halogens is 3. The summed E-state index contributed by atoms with van der Waals surface area (Å²) in [5, 5.41) is 10.4. The third-order valence-corrected chi connectivity index (χ3v) is 4.57. The maximum absolute atomic E-state index is 13.2. The summed E-state index contributed by atoms with van der Waals surface area (Å²) in [6.45, 7) is 1.70. The average molecular weight is 391 g/mol. The number of pyridine rings is 1. The SMILES string of the molecule is O=C(c1n[nH]c2cc(OC(F)(F)F)ccc12)N1CCNCC1c1ccncc1. The number of hydrogen-bond acceptors (Lipinski definition) is 5. The second kappa shape index (κ2) is 7.12. The molecule has 2 aromatic heterocycles. The van der Waals surface area contributed by atoms with Crippen LogP contribution in [0, 0.1) is 0 Å². The Labute approximate surface area is 157 Å². The summed E-state index contributed by atoms with van der Waals surface area (Å²) < 4.78 is 41.1. The van der Waals surface area contributed by atoms with E-state index in [0.717, 1.165) is 5.56 Å². The normalized spacial score (nSPS) is 17.7. The van der Waals surface area contributed by atoms with Crippen molar-refractivity contribution < 1.29 is 22.7 Å². The molecule has 3 aromatic rings. The van der Waals surface area contributed by atoms with Gasteiger partial charge < -0.3 is 15.0 Å². The largest absolute Gasteiger partial charge is 0.573 e. The van der Waals surface area contributed by atoms with Crippen LogP contribution in [0.5, 0.6) is 5.75 Å². The first kappa shape index (κ1) is 18.2. The van der Waals surface area contributed by atoms with Crippen LogP contribution in [-0.4, -0.2) is 52.0 Å². The number of rotatable bonds is 3. The van der Waals surface area contributed by atoms with Crippen LogP contribution in [-0.2, 0) is 0 Å². The Morgan fingerprint density at radius 2 is 2.00 bits per heavy atom. The third-order valence-electron chi connectivity index (χ3n) is 4.57. The van der Waals surface area contributed by atoms with Crippen LogP contribution >= 0.6 is 0 Å². The van der Waals surface area contributed by atoms with Crippen LogP contribution in [0.1, 0.15) is 22.1 Å². The zero-order valence-corrected chi connectivity index (χ0v) is 14.5. The molecular weight excluding hydrogens is 375 g/mol. The van der Waals surface area contributed by atoms with E-state index >= 15 is 0 Å². The number of H-pyrrole nitrogens is 1. The first-order valence-electron chi connectivity index (χ1n) is 8.58. The number of alkyl halides is 3. The first-order valence-corrected chi connectivity index (χ1v) is 8.58. The molecule has 1 atom stereocenters. The molecule has 1 aliphatic heterocycles. The number of benzene rings is 1. The highest BCUT2D eigenvalue weighted by molar-refractivity contribution is 6.05. The van der Waals surface area contributed by atoms with Gasteiger partial charge in [0, 0.05) is 43.5 Å². The molecule has 0 bridgehead atoms. The summed E-state index contributed by atoms with van der Waals surface area (Å²) in [5.74, 6) is -0.668. The van der Waals surface area contributed by atoms with Crippen LogP contribution in [0.25, 0.3) is 10.9 Å². The van der Waals surface area contributed by atoms with Crippen molar-refractivity contribution in [1.82, 2.24) is 25.4 Å². The quantitative estimate of drug-likeness (QED) is 0.717. The van der Waals surface area contributed by atoms with Gasteiger partial charge in [-0.3, -0.25) is 14.9 Å². The maximum atomic E-state index is 13.2. The summed E-state index contributed by atoms with van der Waals surface area (Å²) in [6.07, 6.45) is -1.46. The van der Waals surface area contributed by atoms with E-state index < -0.39 is 6.36 Å². The van der Waals surface area contributed by atoms with Gasteiger partial charge >= 0.3 is 6.36 Å². The molecule has 1 aliphatic rings. The van der Waals surface area contributed by atoms with Gasteiger partial charge in [-0.25, -0.2) is 0 Å². The molecule has 0 spiro atoms. The van der Waals surface area contributed by atoms with Crippen molar-refractivity contribution in [2.75, 3.05) is 19.6 Å². The van der Waals surface area contributed by atoms with Crippen LogP contribution in [0.3, 0.4) is 0 Å². The number of carbonyl (C=O) groups excluding carboxylic acids is 1. The Hall–Kier alpha value is -3.14. The van der Waals surface area contributed by atoms with Crippen molar-refractivity contribution in [3.05, 3.63) is 54.0 Å². The number of aromatic nitrogens is 3. The molecule has 2 N–H and O–H groups in total. The van der Waals surface area contributed by atoms with Crippen molar-refractivity contribution >= 4 is 16.8 Å². The number of carbonyl (C=O) groups is 1. The Bertz CT molecular complexity index is 990. The zero-order chi connectivity index (χ0) is 19.7. The van der Waals surface area contributed by atoms with E-state index in [9.17, 15) is 18.0 Å². The Balaban J connectivity index is 1.64. The summed E-state index contributed by atoms with van der Waals surface area (Å²) >= 11 is 0. The van der Waals surface area contributed by atoms with Crippen molar-refractivity contribution in [1.29, 1.82) is 0 Å². The van der Waals surface area contributed by atoms with Crippen molar-refractivity contribution in [3.63, 3.8) is 0 Å². The number of nitrogens with one attached hydrogen (secondary N) is 2. The average Bonchev–Trinajstić information content (AvgIpc) is 3.10. The molecule has 1 unspecified atom stereocenters. The second-order valence-electron chi connectivity index (χ2n) is 6.33. The number of ether oxygens (including phenoxy) is 1. The first-order chi connectivity index (χ1) is 13.4. The monoisotopic (exact) mass is 391 g/mol. The van der Waals surface area contributed by atoms with Crippen LogP contribution in [0.2, 0.25) is 0 Å². The van der Waals surface area contributed by atoms with Gasteiger partial charge in [0.05, 0.1) is 11.6 Å². The predicted molar refractivity (Wildman–Crippen MR) is 93.7 cm³/mol. The third kappa shape index (κ3) is 3.63. The number of fused-ring (bicyclic) bond motifs is 1. The fraction of sp³-hybridized carbons (Fsp3) is 0.278. The highest BCUT2D eigenvalue weighted by Gasteiger charge is 2.32. The summed E-state index contributed by atoms with van der Waals surface area (Å²) in [6, 6.07) is 7.24. The summed E-state index contributed by atoms with van der Waals surface area (Å²) in [4.78, 5) is 18.9. The van der Waals surface area contributed by atoms with Crippen LogP contribution in [0.4, 0.5) is 13.2 Å². The maximum Gasteiger partial charge on any atom is 0.573 e. The summed E-state index contributed by atoms with van der Waals surface area (Å²) in [5.41, 5.74) is 1.39. The summed E-state index contributed by atoms with van der Waals surface area (Å²) in [7, 11) is 0. The lowest BCUT2D eigenvalue weighted by atomic mass is 10.0. The van der Waals surface area contributed by atoms with E-state index in [0.29, 0.717) is 30.5 Å². The molecule has 4 rings (SSSR count). The molecule has 10 heteroatoms. The molecule has 3 heterocycles. The highest BCUT2D eigenvalue weighted by atomic mass is 19.4. The Morgan fingerprint density at radius 1 is 1.21 bits per heavy atom. The van der Waals surface area contributed by atoms with Gasteiger partial charge in [0.15, 0.2) is 5.69 Å². The molecule has 1 saturated heterocycles. The Kier molecular flexibility index (Phi) is 4.63. The lowest BCUT2D eigenvalue weighted by Gasteiger charge is -2.36. The van der Waals surface area contributed by atoms with Gasteiger partial charge in [-0.05, 0) is 29.8 Å². The fourth-order valence-electron chi connectivity index (χ4n) is 3.33. The molecular formula is C18H16F3N5O2. The molecule has 1 fully saturated rings. The molecule has 146 valence electrons. The number of hydrogen-bond donors (Lipinski definition) is 2. The minimum absolute atomic E-state index is 0.162. The Morgan fingerprint density at radius 3 is 2.75 bits per heavy atom. The predicted octanol–water partition coefficient (Wildman–Crippen LogP) is 2.64. The second-order valence-corrected chi connectivity index (χ2v) is 6.33. The van der Waals surface area contributed by atoms with Crippen molar-refractivity contribution in [2.24, 2.45) is 0 Å². The minimum Gasteiger partial charge on any atom is -0.406 e. The standard InChI is InChI=1S/C18H16F3N5O2/c19-18(20,21)28-12-1-2-13-14(9-12)24-25-16(13)17(27)26-8-7-23-10-15(26)11-3-5-22-6-4-11/h1-6,9,15,23H,7-8,10H2,(H,24,25). The van der Waals surface area contributed by atoms with Crippen LogP contribution < -0.4 is 10.1 Å². The molecule has 1 amide bonds. The van der Waals surface area contributed by atoms with E-state index in [4.69, 9.17) is 0 Å². The van der Waals surface area contributed by atoms with Crippen molar-refractivity contribution in [2.45, 2.75) is 12.4 Å². The number of nitrogens with zero attached hydrogens (tertiary/aromatic N) is 3. The number of piperazine rings is 1. The zero-order valence-electron chi connectivity index (χ0n) is 14.5. The minimum atomic E-state index is -4.79. The van der Waals surface area contributed by atoms with Gasteiger partial charge in [-0.1, -0.05) is 0 Å². The van der Waals surface area contributed by atoms with E-state index in [1.54, 1.807) is 17.3 Å². The lowest BCUT2D eigenvalue weighted by molar-refractivity contribution is -0.274. The van der Waals surface area contributed by atoms with Gasteiger partial charge in [0.25, 0.3) is 5.91 Å². The van der Waals surface area contributed by atoms with Crippen LogP contribution in [0.15, 0.2) is 42.7 Å². The molecule has 28 heavy (non-hydrogen) atoms. The topological polar surface area (TPSA) is 83.1 Å². The van der Waals surface area contributed by atoms with E-state index in [1.165, 1.54) is 18.2 Å². The smallest absolute Gasteiger partial charge is 0.406 e. The van der Waals surface area contributed by atoms with Crippen molar-refractivity contribution in [3.8, 4) is 5.75 Å². The van der Waals surface area contributed by atoms with E-state index in [2.05, 4.69) is 25.2 Å². The molecule has 0 aliphatic carbocycles. The molecule has 0 saturated carbocycles. The lowest BCUT2D eigenvalue weighted by Crippen LogP contribution is -2.48. The van der Waals surface area contributed by atoms with Gasteiger partial charge in [0.2, 0.25) is 0 Å². The van der Waals surface area contributed by atoms with Gasteiger partial charge in [-0.2, -0.15) is 5.10 Å². The molecule has 0 radical (unpaired) electrons. The highest BCUT2D eigenvalue weighted by Crippen LogP contribution is 2.29. The molecule has 1 aromatic carbocycles. The van der Waals surface area contributed by atoms with Gasteiger partial charge in [0.1, 0.15) is 5.75 Å². The van der Waals surface area contributed by atoms with E-state index in [1.807, 2.05) is 12.1 Å². The fourth-order valence-corrected chi connectivity index (χ4v) is 3.33. The molecule has 7 nitrogen and oxygen atoms in total. The van der Waals surface area contributed by atoms with Gasteiger partial charge in [-0.15, -0.1) is 13.2 Å². The number of amides is 1. The number of aromatic amines is 1. The van der Waals surface area contributed by atoms with E-state index in [-0.39, 0.29) is 23.4 Å².